The molecule has 1 aromatic rings. The van der Waals surface area contributed by atoms with Crippen LogP contribution in [0.25, 0.3) is 0 Å². The molecule has 1 fully saturated rings. The Bertz CT molecular complexity index is 394. The minimum atomic E-state index is -0.475. The van der Waals surface area contributed by atoms with Gasteiger partial charge in [0.05, 0.1) is 6.10 Å². The molecule has 0 bridgehead atoms. The third kappa shape index (κ3) is 2.82. The molecule has 0 aliphatic carbocycles. The van der Waals surface area contributed by atoms with Crippen LogP contribution in [0.3, 0.4) is 0 Å². The molecule has 0 amide bonds. The zero-order chi connectivity index (χ0) is 13.1. The maximum atomic E-state index is 9.83. The van der Waals surface area contributed by atoms with Crippen LogP contribution in [-0.4, -0.2) is 48.2 Å². The van der Waals surface area contributed by atoms with Gasteiger partial charge in [0.25, 0.3) is 0 Å². The zero-order valence-electron chi connectivity index (χ0n) is 11.5. The number of anilines is 1. The van der Waals surface area contributed by atoms with Crippen LogP contribution in [0, 0.1) is 0 Å². The normalized spacial score (nSPS) is 22.8. The van der Waals surface area contributed by atoms with Gasteiger partial charge in [-0.3, -0.25) is 0 Å². The van der Waals surface area contributed by atoms with Crippen molar-refractivity contribution < 1.29 is 5.11 Å². The van der Waals surface area contributed by atoms with E-state index in [9.17, 15) is 5.11 Å². The summed E-state index contributed by atoms with van der Waals surface area (Å²) in [6, 6.07) is 4.32. The van der Waals surface area contributed by atoms with Crippen molar-refractivity contribution in [3.63, 3.8) is 0 Å². The van der Waals surface area contributed by atoms with Gasteiger partial charge in [-0.2, -0.15) is 0 Å². The third-order valence-corrected chi connectivity index (χ3v) is 3.75. The van der Waals surface area contributed by atoms with E-state index in [4.69, 9.17) is 0 Å². The quantitative estimate of drug-likeness (QED) is 0.884. The van der Waals surface area contributed by atoms with Crippen LogP contribution in [-0.2, 0) is 0 Å². The molecule has 0 radical (unpaired) electrons. The average molecular weight is 249 g/mol. The highest BCUT2D eigenvalue weighted by atomic mass is 16.3. The van der Waals surface area contributed by atoms with Crippen LogP contribution in [0.4, 0.5) is 5.82 Å². The second kappa shape index (κ2) is 5.67. The first kappa shape index (κ1) is 13.3. The highest BCUT2D eigenvalue weighted by Crippen LogP contribution is 2.26. The van der Waals surface area contributed by atoms with Crippen LogP contribution >= 0.6 is 0 Å². The lowest BCUT2D eigenvalue weighted by Crippen LogP contribution is -2.45. The fourth-order valence-electron chi connectivity index (χ4n) is 2.66. The molecule has 1 aliphatic rings. The van der Waals surface area contributed by atoms with Crippen molar-refractivity contribution in [3.8, 4) is 0 Å². The van der Waals surface area contributed by atoms with Gasteiger partial charge in [-0.05, 0) is 39.4 Å². The van der Waals surface area contributed by atoms with Crippen molar-refractivity contribution >= 4 is 5.82 Å². The van der Waals surface area contributed by atoms with E-state index < -0.39 is 6.10 Å². The molecule has 4 nitrogen and oxygen atoms in total. The van der Waals surface area contributed by atoms with E-state index in [1.165, 1.54) is 19.4 Å². The molecular weight excluding hydrogens is 226 g/mol. The lowest BCUT2D eigenvalue weighted by molar-refractivity contribution is 0.198. The Morgan fingerprint density at radius 3 is 3.00 bits per heavy atom. The summed E-state index contributed by atoms with van der Waals surface area (Å²) < 4.78 is 0. The monoisotopic (exact) mass is 249 g/mol. The van der Waals surface area contributed by atoms with Crippen molar-refractivity contribution in [3.05, 3.63) is 23.9 Å². The highest BCUT2D eigenvalue weighted by Gasteiger charge is 2.24. The number of rotatable bonds is 3. The number of aromatic nitrogens is 1. The van der Waals surface area contributed by atoms with Crippen LogP contribution in [0.5, 0.6) is 0 Å². The molecule has 2 rings (SSSR count). The predicted octanol–water partition coefficient (Wildman–Crippen LogP) is 1.67. The number of piperidine rings is 1. The van der Waals surface area contributed by atoms with Crippen LogP contribution < -0.4 is 4.90 Å². The Kier molecular flexibility index (Phi) is 4.19. The van der Waals surface area contributed by atoms with Crippen molar-refractivity contribution in [2.24, 2.45) is 0 Å². The minimum absolute atomic E-state index is 0.475. The molecule has 2 heterocycles. The molecule has 1 N–H and O–H groups in total. The molecule has 100 valence electrons. The zero-order valence-corrected chi connectivity index (χ0v) is 11.5. The summed E-state index contributed by atoms with van der Waals surface area (Å²) >= 11 is 0. The number of aliphatic hydroxyl groups is 1. The Balaban J connectivity index is 2.19. The Hall–Kier alpha value is -1.13. The summed E-state index contributed by atoms with van der Waals surface area (Å²) in [5.41, 5.74) is 0.910. The summed E-state index contributed by atoms with van der Waals surface area (Å²) in [6.45, 7) is 4.03. The SMILES string of the molecule is C[C@@H](O)c1cccnc1N(C)C1CCCN(C)C1. The van der Waals surface area contributed by atoms with Crippen molar-refractivity contribution in [2.45, 2.75) is 31.9 Å². The van der Waals surface area contributed by atoms with Gasteiger partial charge in [0.1, 0.15) is 5.82 Å². The molecule has 2 atom stereocenters. The Morgan fingerprint density at radius 2 is 2.33 bits per heavy atom. The van der Waals surface area contributed by atoms with E-state index in [0.717, 1.165) is 17.9 Å². The fraction of sp³-hybridized carbons (Fsp3) is 0.643. The van der Waals surface area contributed by atoms with Gasteiger partial charge in [-0.25, -0.2) is 4.98 Å². The topological polar surface area (TPSA) is 39.6 Å². The van der Waals surface area contributed by atoms with Crippen molar-refractivity contribution in [1.82, 2.24) is 9.88 Å². The van der Waals surface area contributed by atoms with E-state index >= 15 is 0 Å². The molecule has 1 aliphatic heterocycles. The number of hydrogen-bond donors (Lipinski definition) is 1. The summed E-state index contributed by atoms with van der Waals surface area (Å²) in [6.07, 6.45) is 3.74. The fourth-order valence-corrected chi connectivity index (χ4v) is 2.66. The Morgan fingerprint density at radius 1 is 1.56 bits per heavy atom. The largest absolute Gasteiger partial charge is 0.389 e. The second-order valence-electron chi connectivity index (χ2n) is 5.26. The van der Waals surface area contributed by atoms with E-state index in [2.05, 4.69) is 28.9 Å². The minimum Gasteiger partial charge on any atom is -0.389 e. The molecule has 0 saturated carbocycles. The molecular formula is C14H23N3O. The standard InChI is InChI=1S/C14H23N3O/c1-11(18)13-7-4-8-15-14(13)17(3)12-6-5-9-16(2)10-12/h4,7-8,11-12,18H,5-6,9-10H2,1-3H3/t11-,12?/m1/s1. The van der Waals surface area contributed by atoms with Gasteiger partial charge in [-0.1, -0.05) is 6.07 Å². The van der Waals surface area contributed by atoms with Gasteiger partial charge in [0, 0.05) is 31.4 Å². The van der Waals surface area contributed by atoms with E-state index in [1.807, 2.05) is 12.1 Å². The molecule has 18 heavy (non-hydrogen) atoms. The number of likely N-dealkylation sites (N-methyl/N-ethyl adjacent to an activating group) is 2. The maximum absolute atomic E-state index is 9.83. The first-order valence-corrected chi connectivity index (χ1v) is 6.64. The number of likely N-dealkylation sites (tertiary alicyclic amines) is 1. The number of pyridine rings is 1. The van der Waals surface area contributed by atoms with E-state index in [0.29, 0.717) is 6.04 Å². The highest BCUT2D eigenvalue weighted by molar-refractivity contribution is 5.48. The smallest absolute Gasteiger partial charge is 0.134 e. The third-order valence-electron chi connectivity index (χ3n) is 3.75. The van der Waals surface area contributed by atoms with Gasteiger partial charge < -0.3 is 14.9 Å². The molecule has 0 spiro atoms. The van der Waals surface area contributed by atoms with Crippen molar-refractivity contribution in [2.75, 3.05) is 32.1 Å². The number of aliphatic hydroxyl groups excluding tert-OH is 1. The predicted molar refractivity (Wildman–Crippen MR) is 73.8 cm³/mol. The molecule has 1 aromatic heterocycles. The lowest BCUT2D eigenvalue weighted by atomic mass is 10.0. The maximum Gasteiger partial charge on any atom is 0.134 e. The summed E-state index contributed by atoms with van der Waals surface area (Å²) in [5.74, 6) is 0.910. The van der Waals surface area contributed by atoms with E-state index in [1.54, 1.807) is 13.1 Å². The Labute approximate surface area is 109 Å². The second-order valence-corrected chi connectivity index (χ2v) is 5.26. The van der Waals surface area contributed by atoms with Gasteiger partial charge in [0.2, 0.25) is 0 Å². The van der Waals surface area contributed by atoms with E-state index in [-0.39, 0.29) is 0 Å². The molecule has 1 unspecified atom stereocenters. The first-order chi connectivity index (χ1) is 8.59. The summed E-state index contributed by atoms with van der Waals surface area (Å²) in [7, 11) is 4.24. The summed E-state index contributed by atoms with van der Waals surface area (Å²) in [4.78, 5) is 9.02. The molecule has 4 heteroatoms. The van der Waals surface area contributed by atoms with Crippen LogP contribution in [0.15, 0.2) is 18.3 Å². The van der Waals surface area contributed by atoms with Crippen molar-refractivity contribution in [1.29, 1.82) is 0 Å². The average Bonchev–Trinajstić information content (AvgIpc) is 2.38. The van der Waals surface area contributed by atoms with Gasteiger partial charge >= 0.3 is 0 Å². The van der Waals surface area contributed by atoms with Gasteiger partial charge in [-0.15, -0.1) is 0 Å². The molecule has 1 saturated heterocycles. The van der Waals surface area contributed by atoms with Gasteiger partial charge in [0.15, 0.2) is 0 Å². The first-order valence-electron chi connectivity index (χ1n) is 6.64. The summed E-state index contributed by atoms with van der Waals surface area (Å²) in [5, 5.41) is 9.83. The number of nitrogens with zero attached hydrogens (tertiary/aromatic N) is 3. The van der Waals surface area contributed by atoms with Crippen LogP contribution in [0.2, 0.25) is 0 Å². The number of hydrogen-bond acceptors (Lipinski definition) is 4. The van der Waals surface area contributed by atoms with Crippen LogP contribution in [0.1, 0.15) is 31.4 Å². The lowest BCUT2D eigenvalue weighted by Gasteiger charge is -2.37. The molecule has 0 aromatic carbocycles.